The van der Waals surface area contributed by atoms with Crippen molar-refractivity contribution in [2.24, 2.45) is 0 Å². The van der Waals surface area contributed by atoms with Crippen LogP contribution in [0.25, 0.3) is 0 Å². The van der Waals surface area contributed by atoms with E-state index in [1.54, 1.807) is 35.2 Å². The van der Waals surface area contributed by atoms with Gasteiger partial charge in [-0.1, -0.05) is 12.1 Å². The maximum Gasteiger partial charge on any atom is 0.256 e. The van der Waals surface area contributed by atoms with Crippen LogP contribution in [-0.2, 0) is 4.74 Å². The Labute approximate surface area is 154 Å². The van der Waals surface area contributed by atoms with E-state index in [4.69, 9.17) is 4.74 Å². The first-order valence-corrected chi connectivity index (χ1v) is 8.76. The largest absolute Gasteiger partial charge is 0.378 e. The third-order valence-corrected chi connectivity index (χ3v) is 4.75. The molecule has 124 valence electrons. The van der Waals surface area contributed by atoms with Crippen molar-refractivity contribution in [1.82, 2.24) is 4.90 Å². The lowest BCUT2D eigenvalue weighted by molar-refractivity contribution is 0.0303. The molecule has 1 aliphatic rings. The molecular weight excluding hydrogens is 419 g/mol. The lowest BCUT2D eigenvalue weighted by Crippen LogP contribution is -2.40. The zero-order chi connectivity index (χ0) is 16.9. The summed E-state index contributed by atoms with van der Waals surface area (Å²) in [5.74, 6) is -0.166. The van der Waals surface area contributed by atoms with Gasteiger partial charge in [-0.15, -0.1) is 0 Å². The van der Waals surface area contributed by atoms with E-state index in [2.05, 4.69) is 27.9 Å². The number of ether oxygens (including phenoxy) is 1. The van der Waals surface area contributed by atoms with Crippen LogP contribution >= 0.6 is 22.6 Å². The maximum atomic E-state index is 12.4. The molecule has 0 saturated carbocycles. The molecular formula is C18H17IN2O3. The first-order chi connectivity index (χ1) is 11.6. The fraction of sp³-hybridized carbons (Fsp3) is 0.222. The Bertz CT molecular complexity index is 740. The fourth-order valence-corrected chi connectivity index (χ4v) is 3.12. The van der Waals surface area contributed by atoms with Crippen LogP contribution in [0, 0.1) is 3.57 Å². The van der Waals surface area contributed by atoms with Crippen molar-refractivity contribution in [3.63, 3.8) is 0 Å². The number of halogens is 1. The lowest BCUT2D eigenvalue weighted by atomic mass is 10.1. The van der Waals surface area contributed by atoms with Crippen LogP contribution in [0.1, 0.15) is 20.7 Å². The van der Waals surface area contributed by atoms with Crippen molar-refractivity contribution >= 4 is 40.1 Å². The Morgan fingerprint density at radius 1 is 1.00 bits per heavy atom. The second-order valence-electron chi connectivity index (χ2n) is 5.42. The molecule has 24 heavy (non-hydrogen) atoms. The highest BCUT2D eigenvalue weighted by molar-refractivity contribution is 14.1. The van der Waals surface area contributed by atoms with Gasteiger partial charge in [0.15, 0.2) is 0 Å². The maximum absolute atomic E-state index is 12.4. The summed E-state index contributed by atoms with van der Waals surface area (Å²) in [6.45, 7) is 2.39. The first-order valence-electron chi connectivity index (χ1n) is 7.68. The number of benzene rings is 2. The van der Waals surface area contributed by atoms with E-state index in [9.17, 15) is 9.59 Å². The van der Waals surface area contributed by atoms with Crippen LogP contribution in [0.4, 0.5) is 5.69 Å². The van der Waals surface area contributed by atoms with Crippen molar-refractivity contribution in [1.29, 1.82) is 0 Å². The Kier molecular flexibility index (Phi) is 5.47. The molecule has 0 aliphatic carbocycles. The Morgan fingerprint density at radius 3 is 2.33 bits per heavy atom. The number of anilines is 1. The third-order valence-electron chi connectivity index (χ3n) is 3.81. The van der Waals surface area contributed by atoms with Gasteiger partial charge < -0.3 is 15.0 Å². The average molecular weight is 436 g/mol. The molecule has 1 N–H and O–H groups in total. The van der Waals surface area contributed by atoms with Crippen LogP contribution in [0.5, 0.6) is 0 Å². The van der Waals surface area contributed by atoms with Crippen molar-refractivity contribution in [2.75, 3.05) is 31.6 Å². The predicted molar refractivity (Wildman–Crippen MR) is 100 cm³/mol. The summed E-state index contributed by atoms with van der Waals surface area (Å²) >= 11 is 2.14. The summed E-state index contributed by atoms with van der Waals surface area (Å²) in [4.78, 5) is 26.5. The third kappa shape index (κ3) is 3.93. The van der Waals surface area contributed by atoms with Crippen LogP contribution in [0.2, 0.25) is 0 Å². The van der Waals surface area contributed by atoms with Crippen LogP contribution in [-0.4, -0.2) is 43.0 Å². The number of morpholine rings is 1. The summed E-state index contributed by atoms with van der Waals surface area (Å²) in [5, 5.41) is 2.86. The Morgan fingerprint density at radius 2 is 1.67 bits per heavy atom. The van der Waals surface area contributed by atoms with Crippen molar-refractivity contribution < 1.29 is 14.3 Å². The molecule has 0 unspecified atom stereocenters. The summed E-state index contributed by atoms with van der Waals surface area (Å²) < 4.78 is 6.15. The normalized spacial score (nSPS) is 14.3. The first kappa shape index (κ1) is 16.9. The van der Waals surface area contributed by atoms with Crippen molar-refractivity contribution in [3.05, 3.63) is 63.2 Å². The minimum Gasteiger partial charge on any atom is -0.378 e. The van der Waals surface area contributed by atoms with Crippen LogP contribution < -0.4 is 5.32 Å². The lowest BCUT2D eigenvalue weighted by Gasteiger charge is -2.26. The van der Waals surface area contributed by atoms with E-state index in [-0.39, 0.29) is 11.8 Å². The highest BCUT2D eigenvalue weighted by Gasteiger charge is 2.18. The van der Waals surface area contributed by atoms with E-state index < -0.39 is 0 Å². The molecule has 1 aliphatic heterocycles. The van der Waals surface area contributed by atoms with Gasteiger partial charge in [0, 0.05) is 27.9 Å². The molecule has 0 atom stereocenters. The van der Waals surface area contributed by atoms with E-state index in [1.807, 2.05) is 18.2 Å². The van der Waals surface area contributed by atoms with Crippen molar-refractivity contribution in [3.8, 4) is 0 Å². The van der Waals surface area contributed by atoms with Gasteiger partial charge in [0.1, 0.15) is 0 Å². The molecule has 0 spiro atoms. The van der Waals surface area contributed by atoms with Gasteiger partial charge in [0.25, 0.3) is 11.8 Å². The van der Waals surface area contributed by atoms with E-state index >= 15 is 0 Å². The molecule has 0 radical (unpaired) electrons. The van der Waals surface area contributed by atoms with Gasteiger partial charge in [-0.05, 0) is 59.0 Å². The minimum absolute atomic E-state index is 0.00576. The number of carbonyl (C=O) groups is 2. The van der Waals surface area contributed by atoms with Gasteiger partial charge in [-0.2, -0.15) is 0 Å². The number of nitrogens with zero attached hydrogens (tertiary/aromatic N) is 1. The quantitative estimate of drug-likeness (QED) is 0.753. The summed E-state index contributed by atoms with van der Waals surface area (Å²) in [6.07, 6.45) is 0. The molecule has 0 bridgehead atoms. The molecule has 2 aromatic carbocycles. The average Bonchev–Trinajstić information content (AvgIpc) is 2.63. The van der Waals surface area contributed by atoms with Gasteiger partial charge in [-0.25, -0.2) is 0 Å². The minimum atomic E-state index is -0.160. The topological polar surface area (TPSA) is 58.6 Å². The van der Waals surface area contributed by atoms with Gasteiger partial charge in [0.05, 0.1) is 18.8 Å². The zero-order valence-electron chi connectivity index (χ0n) is 13.0. The summed E-state index contributed by atoms with van der Waals surface area (Å²) in [7, 11) is 0. The van der Waals surface area contributed by atoms with Gasteiger partial charge in [0.2, 0.25) is 0 Å². The summed E-state index contributed by atoms with van der Waals surface area (Å²) in [6, 6.07) is 14.4. The highest BCUT2D eigenvalue weighted by Crippen LogP contribution is 2.16. The van der Waals surface area contributed by atoms with E-state index in [1.165, 1.54) is 0 Å². The Hall–Kier alpha value is -1.93. The molecule has 1 fully saturated rings. The molecule has 3 rings (SSSR count). The number of nitrogens with one attached hydrogen (secondary N) is 1. The summed E-state index contributed by atoms with van der Waals surface area (Å²) in [5.41, 5.74) is 1.91. The number of rotatable bonds is 3. The number of hydrogen-bond donors (Lipinski definition) is 1. The zero-order valence-corrected chi connectivity index (χ0v) is 15.2. The fourth-order valence-electron chi connectivity index (χ4n) is 2.49. The number of carbonyl (C=O) groups excluding carboxylic acids is 2. The second kappa shape index (κ2) is 7.76. The predicted octanol–water partition coefficient (Wildman–Crippen LogP) is 3.02. The number of hydrogen-bond acceptors (Lipinski definition) is 3. The Balaban J connectivity index is 1.67. The van der Waals surface area contributed by atoms with E-state index in [0.29, 0.717) is 43.1 Å². The SMILES string of the molecule is O=C(Nc1ccc(C(=O)N2CCOCC2)cc1)c1ccccc1I. The number of amides is 2. The molecule has 0 aromatic heterocycles. The van der Waals surface area contributed by atoms with Crippen molar-refractivity contribution in [2.45, 2.75) is 0 Å². The molecule has 2 aromatic rings. The monoisotopic (exact) mass is 436 g/mol. The molecule has 1 saturated heterocycles. The second-order valence-corrected chi connectivity index (χ2v) is 6.58. The molecule has 6 heteroatoms. The van der Waals surface area contributed by atoms with Gasteiger partial charge in [-0.3, -0.25) is 9.59 Å². The highest BCUT2D eigenvalue weighted by atomic mass is 127. The smallest absolute Gasteiger partial charge is 0.256 e. The van der Waals surface area contributed by atoms with Gasteiger partial charge >= 0.3 is 0 Å². The molecule has 2 amide bonds. The molecule has 1 heterocycles. The molecule has 5 nitrogen and oxygen atoms in total. The standard InChI is InChI=1S/C18H17IN2O3/c19-16-4-2-1-3-15(16)17(22)20-14-7-5-13(6-8-14)18(23)21-9-11-24-12-10-21/h1-8H,9-12H2,(H,20,22). The van der Waals surface area contributed by atoms with Crippen LogP contribution in [0.15, 0.2) is 48.5 Å². The van der Waals surface area contributed by atoms with E-state index in [0.717, 1.165) is 3.57 Å². The van der Waals surface area contributed by atoms with Crippen LogP contribution in [0.3, 0.4) is 0 Å².